The summed E-state index contributed by atoms with van der Waals surface area (Å²) in [6.45, 7) is 0. The summed E-state index contributed by atoms with van der Waals surface area (Å²) in [6, 6.07) is 36.2. The minimum absolute atomic E-state index is 0.0392. The molecule has 0 aromatic heterocycles. The maximum atomic E-state index is 12.7. The van der Waals surface area contributed by atoms with Crippen molar-refractivity contribution in [3.8, 4) is 11.1 Å². The predicted molar refractivity (Wildman–Crippen MR) is 145 cm³/mol. The molecule has 35 heavy (non-hydrogen) atoms. The smallest absolute Gasteiger partial charge is 0.282 e. The highest BCUT2D eigenvalue weighted by molar-refractivity contribution is 8.17. The molecule has 0 radical (unpaired) electrons. The standard InChI is InChI=1S/C30H22O3S2/c31-35(32,33)30-27-16-8-9-21-17-18-23(29(21)27)20-28(30)22-10-7-15-26(19-22)34(24-11-3-1-4-12-24)25-13-5-2-6-14-25/h1-20,34H,(H,31,32,33). The van der Waals surface area contributed by atoms with Crippen molar-refractivity contribution >= 4 is 43.9 Å². The van der Waals surface area contributed by atoms with Crippen LogP contribution < -0.4 is 0 Å². The molecule has 0 amide bonds. The molecule has 0 saturated heterocycles. The third-order valence-corrected chi connectivity index (χ3v) is 9.70. The molecule has 0 bridgehead atoms. The molecule has 6 rings (SSSR count). The van der Waals surface area contributed by atoms with Crippen molar-refractivity contribution in [3.05, 3.63) is 120 Å². The van der Waals surface area contributed by atoms with Crippen LogP contribution in [0.1, 0.15) is 11.1 Å². The third kappa shape index (κ3) is 3.88. The summed E-state index contributed by atoms with van der Waals surface area (Å²) in [4.78, 5) is 3.50. The van der Waals surface area contributed by atoms with Crippen molar-refractivity contribution in [2.24, 2.45) is 0 Å². The van der Waals surface area contributed by atoms with Crippen LogP contribution in [0.2, 0.25) is 0 Å². The molecule has 0 saturated carbocycles. The highest BCUT2D eigenvalue weighted by atomic mass is 32.2. The molecule has 0 spiro atoms. The molecular weight excluding hydrogens is 472 g/mol. The van der Waals surface area contributed by atoms with Crippen LogP contribution in [-0.4, -0.2) is 13.0 Å². The number of thiol groups is 1. The lowest BCUT2D eigenvalue weighted by Crippen LogP contribution is -2.03. The van der Waals surface area contributed by atoms with Gasteiger partial charge in [-0.3, -0.25) is 4.55 Å². The summed E-state index contributed by atoms with van der Waals surface area (Å²) in [7, 11) is -5.33. The zero-order valence-corrected chi connectivity index (χ0v) is 20.4. The van der Waals surface area contributed by atoms with E-state index in [1.165, 1.54) is 9.79 Å². The van der Waals surface area contributed by atoms with Gasteiger partial charge in [-0.15, -0.1) is 0 Å². The molecule has 0 fully saturated rings. The lowest BCUT2D eigenvalue weighted by Gasteiger charge is -2.24. The van der Waals surface area contributed by atoms with E-state index in [-0.39, 0.29) is 4.90 Å². The topological polar surface area (TPSA) is 54.4 Å². The normalized spacial score (nSPS) is 12.8. The van der Waals surface area contributed by atoms with E-state index in [1.54, 1.807) is 6.07 Å². The van der Waals surface area contributed by atoms with Crippen molar-refractivity contribution in [1.29, 1.82) is 0 Å². The molecule has 0 atom stereocenters. The maximum Gasteiger partial charge on any atom is 0.295 e. The van der Waals surface area contributed by atoms with Crippen molar-refractivity contribution in [2.75, 3.05) is 0 Å². The fourth-order valence-corrected chi connectivity index (χ4v) is 8.12. The molecule has 0 heterocycles. The van der Waals surface area contributed by atoms with Crippen LogP contribution in [0.15, 0.2) is 129 Å². The molecule has 172 valence electrons. The highest BCUT2D eigenvalue weighted by Gasteiger charge is 2.25. The average molecular weight is 495 g/mol. The zero-order valence-electron chi connectivity index (χ0n) is 18.7. The first-order chi connectivity index (χ1) is 17.0. The van der Waals surface area contributed by atoms with Crippen LogP contribution in [0.5, 0.6) is 0 Å². The summed E-state index contributed by atoms with van der Waals surface area (Å²) in [5.74, 6) is 0. The van der Waals surface area contributed by atoms with Gasteiger partial charge >= 0.3 is 0 Å². The van der Waals surface area contributed by atoms with Crippen LogP contribution in [-0.2, 0) is 10.1 Å². The fraction of sp³-hybridized carbons (Fsp3) is 0. The third-order valence-electron chi connectivity index (χ3n) is 6.32. The van der Waals surface area contributed by atoms with E-state index in [1.807, 2.05) is 78.9 Å². The lowest BCUT2D eigenvalue weighted by atomic mass is 9.97. The van der Waals surface area contributed by atoms with Gasteiger partial charge in [-0.05, 0) is 79.2 Å². The van der Waals surface area contributed by atoms with Crippen LogP contribution in [0.3, 0.4) is 0 Å². The SMILES string of the molecule is O=S(=O)(O)c1c(-c2cccc([SH](c3ccccc3)c3ccccc3)c2)cc2c3c(cccc13)C=C2. The maximum absolute atomic E-state index is 12.7. The van der Waals surface area contributed by atoms with Crippen molar-refractivity contribution in [1.82, 2.24) is 0 Å². The van der Waals surface area contributed by atoms with Crippen LogP contribution in [0, 0.1) is 0 Å². The Morgan fingerprint density at radius 2 is 1.20 bits per heavy atom. The first-order valence-electron chi connectivity index (χ1n) is 11.3. The summed E-state index contributed by atoms with van der Waals surface area (Å²) >= 11 is 0. The molecule has 3 nitrogen and oxygen atoms in total. The summed E-state index contributed by atoms with van der Waals surface area (Å²) in [5, 5.41) is 1.40. The van der Waals surface area contributed by atoms with Crippen molar-refractivity contribution < 1.29 is 13.0 Å². The summed E-state index contributed by atoms with van der Waals surface area (Å²) in [5.41, 5.74) is 3.19. The van der Waals surface area contributed by atoms with Crippen LogP contribution >= 0.6 is 10.9 Å². The van der Waals surface area contributed by atoms with Gasteiger partial charge in [0.25, 0.3) is 10.1 Å². The molecule has 1 aliphatic carbocycles. The Bertz CT molecular complexity index is 1670. The van der Waals surface area contributed by atoms with E-state index in [0.29, 0.717) is 10.9 Å². The van der Waals surface area contributed by atoms with Gasteiger partial charge in [0.1, 0.15) is 4.90 Å². The van der Waals surface area contributed by atoms with Gasteiger partial charge < -0.3 is 0 Å². The van der Waals surface area contributed by atoms with Gasteiger partial charge in [-0.1, -0.05) is 78.9 Å². The second kappa shape index (κ2) is 8.54. The Morgan fingerprint density at radius 1 is 0.600 bits per heavy atom. The van der Waals surface area contributed by atoms with Gasteiger partial charge in [0.2, 0.25) is 0 Å². The highest BCUT2D eigenvalue weighted by Crippen LogP contribution is 2.52. The van der Waals surface area contributed by atoms with Crippen molar-refractivity contribution in [2.45, 2.75) is 19.6 Å². The number of hydrogen-bond acceptors (Lipinski definition) is 2. The predicted octanol–water partition coefficient (Wildman–Crippen LogP) is 7.72. The first kappa shape index (κ1) is 21.9. The van der Waals surface area contributed by atoms with E-state index < -0.39 is 21.0 Å². The van der Waals surface area contributed by atoms with Gasteiger partial charge in [-0.25, -0.2) is 0 Å². The molecule has 0 aliphatic heterocycles. The summed E-state index contributed by atoms with van der Waals surface area (Å²) < 4.78 is 35.7. The van der Waals surface area contributed by atoms with Crippen molar-refractivity contribution in [3.63, 3.8) is 0 Å². The summed E-state index contributed by atoms with van der Waals surface area (Å²) in [6.07, 6.45) is 3.98. The molecule has 5 heteroatoms. The molecule has 5 aromatic carbocycles. The van der Waals surface area contributed by atoms with Gasteiger partial charge in [-0.2, -0.15) is 19.3 Å². The van der Waals surface area contributed by atoms with E-state index >= 15 is 0 Å². The molecule has 1 aliphatic rings. The Hall–Kier alpha value is -3.64. The van der Waals surface area contributed by atoms with Gasteiger partial charge in [0.05, 0.1) is 0 Å². The minimum atomic E-state index is -4.47. The Morgan fingerprint density at radius 3 is 1.86 bits per heavy atom. The van der Waals surface area contributed by atoms with E-state index in [2.05, 4.69) is 36.4 Å². The average Bonchev–Trinajstić information content (AvgIpc) is 3.29. The lowest BCUT2D eigenvalue weighted by molar-refractivity contribution is 0.484. The van der Waals surface area contributed by atoms with Crippen LogP contribution in [0.4, 0.5) is 0 Å². The zero-order chi connectivity index (χ0) is 24.0. The monoisotopic (exact) mass is 494 g/mol. The van der Waals surface area contributed by atoms with Gasteiger partial charge in [0, 0.05) is 10.9 Å². The fourth-order valence-electron chi connectivity index (χ4n) is 4.88. The second-order valence-electron chi connectivity index (χ2n) is 8.48. The van der Waals surface area contributed by atoms with Crippen LogP contribution in [0.25, 0.3) is 34.1 Å². The Kier molecular flexibility index (Phi) is 5.33. The Labute approximate surface area is 207 Å². The number of hydrogen-bond donors (Lipinski definition) is 2. The quantitative estimate of drug-likeness (QED) is 0.191. The number of benzene rings is 5. The molecule has 1 N–H and O–H groups in total. The molecular formula is C30H22O3S2. The Balaban J connectivity index is 1.60. The van der Waals surface area contributed by atoms with E-state index in [4.69, 9.17) is 0 Å². The van der Waals surface area contributed by atoms with Gasteiger partial charge in [0.15, 0.2) is 0 Å². The number of rotatable bonds is 5. The molecule has 0 unspecified atom stereocenters. The molecule has 5 aromatic rings. The van der Waals surface area contributed by atoms with E-state index in [0.717, 1.165) is 27.0 Å². The second-order valence-corrected chi connectivity index (χ2v) is 12.1. The largest absolute Gasteiger partial charge is 0.295 e. The van der Waals surface area contributed by atoms with E-state index in [9.17, 15) is 13.0 Å². The first-order valence-corrected chi connectivity index (χ1v) is 14.0. The minimum Gasteiger partial charge on any atom is -0.282 e.